The Labute approximate surface area is 170 Å². The van der Waals surface area contributed by atoms with Crippen LogP contribution in [-0.4, -0.2) is 16.2 Å². The van der Waals surface area contributed by atoms with Crippen LogP contribution in [0.4, 0.5) is 4.39 Å². The molecule has 148 valence electrons. The first-order chi connectivity index (χ1) is 13.9. The van der Waals surface area contributed by atoms with Crippen molar-refractivity contribution in [2.24, 2.45) is 0 Å². The van der Waals surface area contributed by atoms with Crippen molar-refractivity contribution in [3.8, 4) is 11.4 Å². The third-order valence-electron chi connectivity index (χ3n) is 5.05. The molecule has 2 aromatic carbocycles. The maximum Gasteiger partial charge on any atom is 0.337 e. The molecule has 0 aliphatic heterocycles. The second-order valence-electron chi connectivity index (χ2n) is 6.77. The van der Waals surface area contributed by atoms with Crippen molar-refractivity contribution in [3.05, 3.63) is 91.2 Å². The number of fused-ring (bicyclic) bond motifs is 1. The average molecular weight is 410 g/mol. The van der Waals surface area contributed by atoms with E-state index in [0.29, 0.717) is 27.2 Å². The molecule has 0 saturated carbocycles. The summed E-state index contributed by atoms with van der Waals surface area (Å²) in [7, 11) is 1.52. The molecule has 29 heavy (non-hydrogen) atoms. The number of nitrogens with zero attached hydrogens (tertiary/aromatic N) is 2. The lowest BCUT2D eigenvalue weighted by atomic mass is 10.2. The van der Waals surface area contributed by atoms with Gasteiger partial charge < -0.3 is 4.74 Å². The standard InChI is InChI=1S/C22H19FN2O3S/c1-13-14(2)29-21-19(13)20(26)25(16-8-6-9-17(11-16)28-3)22(27)24(21)12-15-7-4-5-10-18(15)23/h4-11H,12H2,1-3H3. The Hall–Kier alpha value is -3.19. The van der Waals surface area contributed by atoms with E-state index < -0.39 is 11.5 Å². The number of aromatic nitrogens is 2. The maximum absolute atomic E-state index is 14.3. The Balaban J connectivity index is 2.07. The average Bonchev–Trinajstić information content (AvgIpc) is 3.01. The molecule has 7 heteroatoms. The van der Waals surface area contributed by atoms with Crippen LogP contribution >= 0.6 is 11.3 Å². The fourth-order valence-corrected chi connectivity index (χ4v) is 4.51. The van der Waals surface area contributed by atoms with Gasteiger partial charge in [-0.1, -0.05) is 24.3 Å². The highest BCUT2D eigenvalue weighted by Crippen LogP contribution is 2.28. The van der Waals surface area contributed by atoms with E-state index in [1.54, 1.807) is 42.5 Å². The number of hydrogen-bond acceptors (Lipinski definition) is 4. The van der Waals surface area contributed by atoms with Gasteiger partial charge in [0.15, 0.2) is 0 Å². The van der Waals surface area contributed by atoms with Gasteiger partial charge in [-0.2, -0.15) is 0 Å². The number of methoxy groups -OCH3 is 1. The third kappa shape index (κ3) is 3.17. The highest BCUT2D eigenvalue weighted by atomic mass is 32.1. The lowest BCUT2D eigenvalue weighted by Crippen LogP contribution is -2.39. The summed E-state index contributed by atoms with van der Waals surface area (Å²) in [5.41, 5.74) is 0.723. The van der Waals surface area contributed by atoms with Crippen molar-refractivity contribution in [2.75, 3.05) is 7.11 Å². The number of halogens is 1. The van der Waals surface area contributed by atoms with E-state index in [9.17, 15) is 14.0 Å². The zero-order chi connectivity index (χ0) is 20.7. The van der Waals surface area contributed by atoms with E-state index in [-0.39, 0.29) is 12.1 Å². The van der Waals surface area contributed by atoms with Crippen molar-refractivity contribution in [2.45, 2.75) is 20.4 Å². The molecule has 0 bridgehead atoms. The highest BCUT2D eigenvalue weighted by molar-refractivity contribution is 7.18. The maximum atomic E-state index is 14.3. The van der Waals surface area contributed by atoms with Gasteiger partial charge in [0.2, 0.25) is 0 Å². The Bertz CT molecular complexity index is 1350. The van der Waals surface area contributed by atoms with Crippen LogP contribution in [0.5, 0.6) is 5.75 Å². The Morgan fingerprint density at radius 3 is 2.55 bits per heavy atom. The van der Waals surface area contributed by atoms with Crippen LogP contribution in [0.3, 0.4) is 0 Å². The van der Waals surface area contributed by atoms with E-state index in [4.69, 9.17) is 4.74 Å². The zero-order valence-corrected chi connectivity index (χ0v) is 17.0. The van der Waals surface area contributed by atoms with Crippen LogP contribution in [0.1, 0.15) is 16.0 Å². The predicted molar refractivity (Wildman–Crippen MR) is 113 cm³/mol. The summed E-state index contributed by atoms with van der Waals surface area (Å²) >= 11 is 1.37. The molecule has 0 unspecified atom stereocenters. The quantitative estimate of drug-likeness (QED) is 0.511. The summed E-state index contributed by atoms with van der Waals surface area (Å²) in [4.78, 5) is 28.2. The molecule has 0 saturated heterocycles. The van der Waals surface area contributed by atoms with Gasteiger partial charge in [-0.3, -0.25) is 9.36 Å². The fourth-order valence-electron chi connectivity index (χ4n) is 3.37. The lowest BCUT2D eigenvalue weighted by Gasteiger charge is -2.13. The number of benzene rings is 2. The van der Waals surface area contributed by atoms with Gasteiger partial charge in [0, 0.05) is 16.5 Å². The molecule has 0 atom stereocenters. The molecule has 0 fully saturated rings. The van der Waals surface area contributed by atoms with Gasteiger partial charge >= 0.3 is 5.69 Å². The molecule has 2 heterocycles. The van der Waals surface area contributed by atoms with Crippen molar-refractivity contribution >= 4 is 21.6 Å². The first-order valence-electron chi connectivity index (χ1n) is 9.05. The van der Waals surface area contributed by atoms with Crippen LogP contribution in [0.15, 0.2) is 58.1 Å². The molecule has 0 aliphatic carbocycles. The SMILES string of the molecule is COc1cccc(-n2c(=O)c3c(C)c(C)sc3n(Cc3ccccc3F)c2=O)c1. The van der Waals surface area contributed by atoms with E-state index in [1.165, 1.54) is 29.1 Å². The van der Waals surface area contributed by atoms with Crippen LogP contribution in [0, 0.1) is 19.7 Å². The lowest BCUT2D eigenvalue weighted by molar-refractivity contribution is 0.414. The summed E-state index contributed by atoms with van der Waals surface area (Å²) < 4.78 is 22.1. The molecular weight excluding hydrogens is 391 g/mol. The van der Waals surface area contributed by atoms with Gasteiger partial charge in [0.05, 0.1) is 24.7 Å². The smallest absolute Gasteiger partial charge is 0.337 e. The summed E-state index contributed by atoms with van der Waals surface area (Å²) in [5.74, 6) is 0.143. The van der Waals surface area contributed by atoms with Crippen LogP contribution < -0.4 is 16.0 Å². The molecule has 4 rings (SSSR count). The van der Waals surface area contributed by atoms with Gasteiger partial charge in [-0.15, -0.1) is 11.3 Å². The highest BCUT2D eigenvalue weighted by Gasteiger charge is 2.20. The summed E-state index contributed by atoms with van der Waals surface area (Å²) in [6.07, 6.45) is 0. The van der Waals surface area contributed by atoms with Crippen molar-refractivity contribution in [1.82, 2.24) is 9.13 Å². The van der Waals surface area contributed by atoms with Crippen LogP contribution in [-0.2, 0) is 6.54 Å². The number of thiophene rings is 1. The minimum atomic E-state index is -0.514. The Morgan fingerprint density at radius 2 is 1.83 bits per heavy atom. The number of aryl methyl sites for hydroxylation is 2. The first-order valence-corrected chi connectivity index (χ1v) is 9.87. The van der Waals surface area contributed by atoms with E-state index in [1.807, 2.05) is 13.8 Å². The molecule has 0 amide bonds. The molecule has 2 aromatic heterocycles. The second kappa shape index (κ2) is 7.33. The van der Waals surface area contributed by atoms with Gasteiger partial charge in [-0.25, -0.2) is 13.8 Å². The first kappa shape index (κ1) is 19.1. The minimum Gasteiger partial charge on any atom is -0.497 e. The Kier molecular flexibility index (Phi) is 4.84. The van der Waals surface area contributed by atoms with E-state index in [0.717, 1.165) is 15.0 Å². The number of ether oxygens (including phenoxy) is 1. The molecule has 0 radical (unpaired) electrons. The van der Waals surface area contributed by atoms with E-state index in [2.05, 4.69) is 0 Å². The summed E-state index contributed by atoms with van der Waals surface area (Å²) in [6, 6.07) is 13.1. The molecule has 4 aromatic rings. The number of hydrogen-bond donors (Lipinski definition) is 0. The second-order valence-corrected chi connectivity index (χ2v) is 7.97. The largest absolute Gasteiger partial charge is 0.497 e. The van der Waals surface area contributed by atoms with Crippen LogP contribution in [0.25, 0.3) is 15.9 Å². The molecular formula is C22H19FN2O3S. The monoisotopic (exact) mass is 410 g/mol. The zero-order valence-electron chi connectivity index (χ0n) is 16.2. The van der Waals surface area contributed by atoms with Crippen molar-refractivity contribution in [3.63, 3.8) is 0 Å². The van der Waals surface area contributed by atoms with E-state index >= 15 is 0 Å². The summed E-state index contributed by atoms with van der Waals surface area (Å²) in [5, 5.41) is 0.478. The van der Waals surface area contributed by atoms with Gasteiger partial charge in [0.1, 0.15) is 16.4 Å². The molecule has 0 aliphatic rings. The predicted octanol–water partition coefficient (Wildman–Crippen LogP) is 4.03. The van der Waals surface area contributed by atoms with Crippen molar-refractivity contribution < 1.29 is 9.13 Å². The molecule has 0 spiro atoms. The third-order valence-corrected chi connectivity index (χ3v) is 6.28. The fraction of sp³-hybridized carbons (Fsp3) is 0.182. The van der Waals surface area contributed by atoms with Crippen LogP contribution in [0.2, 0.25) is 0 Å². The normalized spacial score (nSPS) is 11.2. The molecule has 0 N–H and O–H groups in total. The number of rotatable bonds is 4. The minimum absolute atomic E-state index is 0.0334. The Morgan fingerprint density at radius 1 is 1.07 bits per heavy atom. The van der Waals surface area contributed by atoms with Crippen molar-refractivity contribution in [1.29, 1.82) is 0 Å². The molecule has 5 nitrogen and oxygen atoms in total. The van der Waals surface area contributed by atoms with Gasteiger partial charge in [-0.05, 0) is 37.6 Å². The summed E-state index contributed by atoms with van der Waals surface area (Å²) in [6.45, 7) is 3.81. The topological polar surface area (TPSA) is 53.2 Å². The van der Waals surface area contributed by atoms with Gasteiger partial charge in [0.25, 0.3) is 5.56 Å².